The number of carbonyl (C=O) groups excluding carboxylic acids is 4. The molecule has 0 unspecified atom stereocenters. The van der Waals surface area contributed by atoms with Crippen LogP contribution in [0.3, 0.4) is 0 Å². The Kier molecular flexibility index (Phi) is 12.7. The van der Waals surface area contributed by atoms with Crippen LogP contribution in [-0.4, -0.2) is 98.4 Å². The lowest BCUT2D eigenvalue weighted by Crippen LogP contribution is -2.55. The molecule has 0 saturated carbocycles. The number of rotatable bonds is 13. The minimum Gasteiger partial charge on any atom is -0.491 e. The van der Waals surface area contributed by atoms with Crippen molar-refractivity contribution >= 4 is 51.6 Å². The Hall–Kier alpha value is -8.69. The first-order valence-electron chi connectivity index (χ1n) is 23.8. The van der Waals surface area contributed by atoms with Crippen molar-refractivity contribution in [2.45, 2.75) is 42.7 Å². The zero-order chi connectivity index (χ0) is 50.1. The molecule has 73 heavy (non-hydrogen) atoms. The van der Waals surface area contributed by atoms with Gasteiger partial charge >= 0.3 is 12.1 Å². The summed E-state index contributed by atoms with van der Waals surface area (Å²) in [7, 11) is 1.46. The van der Waals surface area contributed by atoms with E-state index in [2.05, 4.69) is 32.5 Å². The summed E-state index contributed by atoms with van der Waals surface area (Å²) in [4.78, 5) is 73.5. The minimum absolute atomic E-state index is 0.0389. The molecule has 3 amide bonds. The highest BCUT2D eigenvalue weighted by Crippen LogP contribution is 2.66. The van der Waals surface area contributed by atoms with Crippen LogP contribution < -0.4 is 15.0 Å². The third-order valence-electron chi connectivity index (χ3n) is 13.7. The molecular formula is C56H48N8O9. The molecule has 2 saturated heterocycles. The fourth-order valence-corrected chi connectivity index (χ4v) is 10.8. The van der Waals surface area contributed by atoms with Crippen LogP contribution in [0, 0.1) is 17.8 Å². The molecular weight excluding hydrogens is 929 g/mol. The molecule has 17 heteroatoms. The third-order valence-corrected chi connectivity index (χ3v) is 13.7. The van der Waals surface area contributed by atoms with Gasteiger partial charge in [-0.05, 0) is 76.9 Å². The summed E-state index contributed by atoms with van der Waals surface area (Å²) in [5, 5.41) is 21.5. The number of esters is 1. The number of morpholine rings is 1. The van der Waals surface area contributed by atoms with E-state index in [0.29, 0.717) is 39.3 Å². The molecule has 11 rings (SSSR count). The number of ether oxygens (including phenoxy) is 4. The van der Waals surface area contributed by atoms with Gasteiger partial charge in [0.15, 0.2) is 0 Å². The second-order valence-corrected chi connectivity index (χ2v) is 17.8. The number of nitrogens with zero attached hydrogens (tertiary/aromatic N) is 6. The molecule has 8 aromatic rings. The number of aromatic amines is 1. The Bertz CT molecular complexity index is 3410. The fourth-order valence-electron chi connectivity index (χ4n) is 10.8. The lowest BCUT2D eigenvalue weighted by molar-refractivity contribution is -0.178. The molecule has 0 aliphatic carbocycles. The van der Waals surface area contributed by atoms with E-state index in [1.54, 1.807) is 41.1 Å². The van der Waals surface area contributed by atoms with Crippen LogP contribution in [-0.2, 0) is 47.1 Å². The summed E-state index contributed by atoms with van der Waals surface area (Å²) in [6.07, 6.45) is -1.96. The predicted molar refractivity (Wildman–Crippen MR) is 267 cm³/mol. The maximum atomic E-state index is 16.6. The molecule has 17 nitrogen and oxygen atoms in total. The maximum Gasteiger partial charge on any atom is 0.421 e. The number of anilines is 1. The lowest BCUT2D eigenvalue weighted by Gasteiger charge is -2.46. The first kappa shape index (κ1) is 46.7. The highest BCUT2D eigenvalue weighted by Gasteiger charge is 2.75. The molecule has 3 aliphatic rings. The van der Waals surface area contributed by atoms with Gasteiger partial charge in [0.2, 0.25) is 11.8 Å². The fraction of sp³-hybridized carbons (Fsp3) is 0.232. The van der Waals surface area contributed by atoms with Gasteiger partial charge < -0.3 is 34.4 Å². The van der Waals surface area contributed by atoms with E-state index < -0.39 is 59.4 Å². The molecule has 0 radical (unpaired) electrons. The van der Waals surface area contributed by atoms with Gasteiger partial charge in [0.05, 0.1) is 60.0 Å². The van der Waals surface area contributed by atoms with E-state index in [0.717, 1.165) is 21.5 Å². The van der Waals surface area contributed by atoms with Gasteiger partial charge in [-0.2, -0.15) is 0 Å². The van der Waals surface area contributed by atoms with Gasteiger partial charge in [-0.3, -0.25) is 19.3 Å². The molecule has 3 aliphatic heterocycles. The number of benzene rings is 6. The molecule has 6 atom stereocenters. The van der Waals surface area contributed by atoms with E-state index in [9.17, 15) is 9.90 Å². The van der Waals surface area contributed by atoms with Gasteiger partial charge in [-0.15, -0.1) is 5.10 Å². The standard InChI is InChI=1S/C56H48N8O9/c1-70-30-31-72-55(69)63-44-26-25-35(14-13-27-62-45-24-11-10-23-43(45)60-61-62)32-40(44)56(54(63)68)47(52(66)57-34-46-58-41-21-8-9-22-42(41)59-46)49-53(67)73-50(37-17-6-3-7-18-37)48(36-15-4-2-5-16-36)64(49)51(56)38-19-12-20-39(33-38)71-29-28-65/h2-12,15-26,32-33,47-51,65H,27-31,34H2,1H3,(H,57,66)(H,58,59)/t47-,48-,49-,50+,51+,56-/m1/s1. The van der Waals surface area contributed by atoms with Gasteiger partial charge in [0.25, 0.3) is 0 Å². The number of nitrogens with one attached hydrogen (secondary N) is 2. The van der Waals surface area contributed by atoms with Crippen molar-refractivity contribution in [3.05, 3.63) is 185 Å². The van der Waals surface area contributed by atoms with Gasteiger partial charge in [0, 0.05) is 12.7 Å². The van der Waals surface area contributed by atoms with Crippen LogP contribution in [0.2, 0.25) is 0 Å². The Morgan fingerprint density at radius 2 is 1.55 bits per heavy atom. The number of hydrogen-bond acceptors (Lipinski definition) is 13. The number of amides is 3. The molecule has 1 spiro atoms. The molecule has 3 N–H and O–H groups in total. The minimum atomic E-state index is -2.11. The zero-order valence-corrected chi connectivity index (χ0v) is 39.5. The number of carbonyl (C=O) groups is 4. The molecule has 2 aromatic heterocycles. The van der Waals surface area contributed by atoms with E-state index in [1.807, 2.05) is 120 Å². The number of hydrogen-bond donors (Lipinski definition) is 3. The lowest BCUT2D eigenvalue weighted by atomic mass is 9.65. The van der Waals surface area contributed by atoms with Gasteiger partial charge in [0.1, 0.15) is 54.4 Å². The third kappa shape index (κ3) is 8.30. The number of para-hydroxylation sites is 3. The number of imide groups is 1. The van der Waals surface area contributed by atoms with Crippen LogP contribution in [0.4, 0.5) is 10.5 Å². The van der Waals surface area contributed by atoms with E-state index in [-0.39, 0.29) is 50.8 Å². The average molecular weight is 977 g/mol. The van der Waals surface area contributed by atoms with Crippen LogP contribution in [0.1, 0.15) is 51.8 Å². The van der Waals surface area contributed by atoms with Gasteiger partial charge in [-0.25, -0.2) is 19.4 Å². The quantitative estimate of drug-likeness (QED) is 0.0643. The van der Waals surface area contributed by atoms with Crippen molar-refractivity contribution in [1.82, 2.24) is 35.2 Å². The topological polar surface area (TPSA) is 203 Å². The first-order chi connectivity index (χ1) is 35.8. The Morgan fingerprint density at radius 1 is 0.808 bits per heavy atom. The Balaban J connectivity index is 1.16. The number of fused-ring (bicyclic) bond motifs is 5. The summed E-state index contributed by atoms with van der Waals surface area (Å²) in [6.45, 7) is -0.410. The SMILES string of the molecule is COCCOC(=O)N1C(=O)[C@@]2(c3cc(C#CCn4nnc5ccccc54)ccc31)[C@H](c1cccc(OCCO)c1)N1[C@H](c3ccccc3)[C@H](c3ccccc3)OC(=O)[C@H]1[C@@H]2C(=O)NCc1nc2ccccc2[nH]1. The highest BCUT2D eigenvalue weighted by atomic mass is 16.6. The van der Waals surface area contributed by atoms with Crippen molar-refractivity contribution in [3.63, 3.8) is 0 Å². The van der Waals surface area contributed by atoms with Crippen LogP contribution in [0.15, 0.2) is 152 Å². The molecule has 5 heterocycles. The van der Waals surface area contributed by atoms with Crippen LogP contribution in [0.5, 0.6) is 5.75 Å². The number of methoxy groups -OCH3 is 1. The summed E-state index contributed by atoms with van der Waals surface area (Å²) >= 11 is 0. The second-order valence-electron chi connectivity index (χ2n) is 17.8. The number of aliphatic hydroxyl groups is 1. The Labute approximate surface area is 418 Å². The van der Waals surface area contributed by atoms with Crippen LogP contribution in [0.25, 0.3) is 22.1 Å². The number of aromatic nitrogens is 5. The summed E-state index contributed by atoms with van der Waals surface area (Å²) in [5.74, 6) is 3.39. The predicted octanol–water partition coefficient (Wildman–Crippen LogP) is 6.50. The number of cyclic esters (lactones) is 1. The van der Waals surface area contributed by atoms with E-state index >= 15 is 14.4 Å². The molecule has 0 bridgehead atoms. The van der Waals surface area contributed by atoms with Crippen molar-refractivity contribution in [1.29, 1.82) is 0 Å². The zero-order valence-electron chi connectivity index (χ0n) is 39.5. The number of H-pyrrole nitrogens is 1. The maximum absolute atomic E-state index is 16.6. The Morgan fingerprint density at radius 3 is 2.33 bits per heavy atom. The highest BCUT2D eigenvalue weighted by molar-refractivity contribution is 6.23. The molecule has 2 fully saturated rings. The van der Waals surface area contributed by atoms with Crippen molar-refractivity contribution in [3.8, 4) is 17.6 Å². The molecule has 6 aromatic carbocycles. The van der Waals surface area contributed by atoms with Crippen molar-refractivity contribution in [2.75, 3.05) is 38.4 Å². The largest absolute Gasteiger partial charge is 0.491 e. The second kappa shape index (κ2) is 19.8. The first-order valence-corrected chi connectivity index (χ1v) is 23.8. The summed E-state index contributed by atoms with van der Waals surface area (Å²) in [6, 6.07) is 42.3. The average Bonchev–Trinajstić information content (AvgIpc) is 4.22. The van der Waals surface area contributed by atoms with Crippen molar-refractivity contribution in [2.24, 2.45) is 5.92 Å². The van der Waals surface area contributed by atoms with E-state index in [1.165, 1.54) is 7.11 Å². The summed E-state index contributed by atoms with van der Waals surface area (Å²) in [5.41, 5.74) is 3.53. The monoisotopic (exact) mass is 976 g/mol. The summed E-state index contributed by atoms with van der Waals surface area (Å²) < 4.78 is 25.3. The number of imidazole rings is 1. The normalized spacial score (nSPS) is 21.1. The van der Waals surface area contributed by atoms with E-state index in [4.69, 9.17) is 23.9 Å². The van der Waals surface area contributed by atoms with Crippen LogP contribution >= 0.6 is 0 Å². The number of aliphatic hydroxyl groups excluding tert-OH is 1. The van der Waals surface area contributed by atoms with Crippen molar-refractivity contribution < 1.29 is 43.2 Å². The molecule has 366 valence electrons. The smallest absolute Gasteiger partial charge is 0.421 e. The van der Waals surface area contributed by atoms with Gasteiger partial charge in [-0.1, -0.05) is 114 Å².